The van der Waals surface area contributed by atoms with Crippen molar-refractivity contribution >= 4 is 5.97 Å². The monoisotopic (exact) mass is 184 g/mol. The zero-order chi connectivity index (χ0) is 9.90. The first-order valence-electron chi connectivity index (χ1n) is 4.78. The van der Waals surface area contributed by atoms with E-state index in [0.29, 0.717) is 0 Å². The molecule has 13 heavy (non-hydrogen) atoms. The van der Waals surface area contributed by atoms with Crippen molar-refractivity contribution in [2.75, 3.05) is 13.1 Å². The van der Waals surface area contributed by atoms with Gasteiger partial charge in [0.25, 0.3) is 0 Å². The fraction of sp³-hybridized carbons (Fsp3) is 0.800. The molecule has 75 valence electrons. The average Bonchev–Trinajstić information content (AvgIpc) is 2.03. The predicted molar refractivity (Wildman–Crippen MR) is 51.2 cm³/mol. The van der Waals surface area contributed by atoms with E-state index in [4.69, 9.17) is 4.74 Å². The van der Waals surface area contributed by atoms with Gasteiger partial charge in [0.1, 0.15) is 5.60 Å². The summed E-state index contributed by atoms with van der Waals surface area (Å²) in [4.78, 5) is 11.5. The fourth-order valence-electron chi connectivity index (χ4n) is 1.28. The SMILES string of the molecule is CC(C)(C)OC(=O)[C]1CCNCC1. The number of rotatable bonds is 1. The molecule has 0 aromatic rings. The summed E-state index contributed by atoms with van der Waals surface area (Å²) in [6, 6.07) is 0. The van der Waals surface area contributed by atoms with Crippen LogP contribution in [0.1, 0.15) is 33.6 Å². The van der Waals surface area contributed by atoms with Crippen molar-refractivity contribution in [2.45, 2.75) is 39.2 Å². The first kappa shape index (κ1) is 10.5. The predicted octanol–water partition coefficient (Wildman–Crippen LogP) is 1.29. The second-order valence-electron chi connectivity index (χ2n) is 4.36. The lowest BCUT2D eigenvalue weighted by Crippen LogP contribution is -2.34. The summed E-state index contributed by atoms with van der Waals surface area (Å²) in [6.45, 7) is 7.48. The molecule has 1 N–H and O–H groups in total. The molecule has 0 spiro atoms. The number of carbonyl (C=O) groups is 1. The molecule has 1 radical (unpaired) electrons. The maximum Gasteiger partial charge on any atom is 0.313 e. The minimum atomic E-state index is -0.366. The topological polar surface area (TPSA) is 38.3 Å². The molecule has 1 aliphatic heterocycles. The van der Waals surface area contributed by atoms with Crippen LogP contribution >= 0.6 is 0 Å². The number of piperidine rings is 1. The Kier molecular flexibility index (Phi) is 3.31. The van der Waals surface area contributed by atoms with Gasteiger partial charge in [0.15, 0.2) is 0 Å². The molecule has 0 aliphatic carbocycles. The molecule has 1 saturated heterocycles. The first-order valence-corrected chi connectivity index (χ1v) is 4.78. The maximum atomic E-state index is 11.5. The normalized spacial score (nSPS) is 19.9. The number of hydrogen-bond acceptors (Lipinski definition) is 3. The molecule has 0 saturated carbocycles. The molecule has 0 aromatic carbocycles. The summed E-state index contributed by atoms with van der Waals surface area (Å²) in [5.41, 5.74) is -0.366. The largest absolute Gasteiger partial charge is 0.460 e. The molecule has 3 heteroatoms. The molecule has 0 bridgehead atoms. The number of ether oxygens (including phenoxy) is 1. The molecule has 1 fully saturated rings. The van der Waals surface area contributed by atoms with Crippen LogP contribution in [0.3, 0.4) is 0 Å². The first-order chi connectivity index (χ1) is 5.99. The summed E-state index contributed by atoms with van der Waals surface area (Å²) in [5.74, 6) is 0.808. The second-order valence-corrected chi connectivity index (χ2v) is 4.36. The van der Waals surface area contributed by atoms with Gasteiger partial charge >= 0.3 is 5.97 Å². The van der Waals surface area contributed by atoms with E-state index in [-0.39, 0.29) is 11.6 Å². The van der Waals surface area contributed by atoms with Crippen molar-refractivity contribution in [1.29, 1.82) is 0 Å². The van der Waals surface area contributed by atoms with Crippen molar-refractivity contribution in [3.63, 3.8) is 0 Å². The average molecular weight is 184 g/mol. The highest BCUT2D eigenvalue weighted by atomic mass is 16.6. The quantitative estimate of drug-likeness (QED) is 0.624. The van der Waals surface area contributed by atoms with Crippen molar-refractivity contribution in [3.8, 4) is 0 Å². The molecular weight excluding hydrogens is 166 g/mol. The highest BCUT2D eigenvalue weighted by Crippen LogP contribution is 2.19. The Morgan fingerprint density at radius 2 is 1.85 bits per heavy atom. The summed E-state index contributed by atoms with van der Waals surface area (Å²) < 4.78 is 5.27. The van der Waals surface area contributed by atoms with Gasteiger partial charge in [0.05, 0.1) is 5.92 Å². The molecule has 0 amide bonds. The minimum absolute atomic E-state index is 0.117. The Morgan fingerprint density at radius 3 is 2.31 bits per heavy atom. The van der Waals surface area contributed by atoms with Crippen LogP contribution in [0.5, 0.6) is 0 Å². The second kappa shape index (κ2) is 4.09. The van der Waals surface area contributed by atoms with Crippen molar-refractivity contribution in [1.82, 2.24) is 5.32 Å². The van der Waals surface area contributed by atoms with Gasteiger partial charge in [0.2, 0.25) is 0 Å². The van der Waals surface area contributed by atoms with E-state index in [1.54, 1.807) is 0 Å². The van der Waals surface area contributed by atoms with Crippen molar-refractivity contribution in [3.05, 3.63) is 5.92 Å². The Morgan fingerprint density at radius 1 is 1.31 bits per heavy atom. The molecule has 1 heterocycles. The zero-order valence-corrected chi connectivity index (χ0v) is 8.64. The van der Waals surface area contributed by atoms with Crippen LogP contribution < -0.4 is 5.32 Å². The van der Waals surface area contributed by atoms with E-state index in [9.17, 15) is 4.79 Å². The number of hydrogen-bond donors (Lipinski definition) is 1. The Balaban J connectivity index is 2.38. The molecule has 0 atom stereocenters. The molecule has 1 rings (SSSR count). The summed E-state index contributed by atoms with van der Waals surface area (Å²) in [7, 11) is 0. The van der Waals surface area contributed by atoms with Gasteiger partial charge in [0, 0.05) is 0 Å². The van der Waals surface area contributed by atoms with Crippen LogP contribution in [-0.4, -0.2) is 24.7 Å². The maximum absolute atomic E-state index is 11.5. The van der Waals surface area contributed by atoms with Gasteiger partial charge in [-0.15, -0.1) is 0 Å². The minimum Gasteiger partial charge on any atom is -0.460 e. The fourth-order valence-corrected chi connectivity index (χ4v) is 1.28. The van der Waals surface area contributed by atoms with Gasteiger partial charge in [-0.05, 0) is 46.7 Å². The van der Waals surface area contributed by atoms with E-state index < -0.39 is 0 Å². The van der Waals surface area contributed by atoms with Crippen LogP contribution in [0.25, 0.3) is 0 Å². The summed E-state index contributed by atoms with van der Waals surface area (Å²) in [6.07, 6.45) is 1.66. The lowest BCUT2D eigenvalue weighted by Gasteiger charge is -2.25. The van der Waals surface area contributed by atoms with E-state index in [2.05, 4.69) is 5.32 Å². The van der Waals surface area contributed by atoms with Gasteiger partial charge in [-0.2, -0.15) is 0 Å². The Bertz CT molecular complexity index is 178. The highest BCUT2D eigenvalue weighted by Gasteiger charge is 2.26. The lowest BCUT2D eigenvalue weighted by atomic mass is 9.98. The smallest absolute Gasteiger partial charge is 0.313 e. The van der Waals surface area contributed by atoms with Crippen molar-refractivity contribution < 1.29 is 9.53 Å². The Labute approximate surface area is 79.8 Å². The third kappa shape index (κ3) is 3.77. The summed E-state index contributed by atoms with van der Waals surface area (Å²) >= 11 is 0. The molecular formula is C10H18NO2. The Hall–Kier alpha value is -0.570. The van der Waals surface area contributed by atoms with Gasteiger partial charge in [-0.3, -0.25) is 4.79 Å². The molecule has 3 nitrogen and oxygen atoms in total. The van der Waals surface area contributed by atoms with E-state index >= 15 is 0 Å². The van der Waals surface area contributed by atoms with Gasteiger partial charge in [-0.25, -0.2) is 0 Å². The zero-order valence-electron chi connectivity index (χ0n) is 8.64. The van der Waals surface area contributed by atoms with Crippen LogP contribution in [0, 0.1) is 5.92 Å². The van der Waals surface area contributed by atoms with Crippen LogP contribution in [-0.2, 0) is 9.53 Å². The number of carbonyl (C=O) groups excluding carboxylic acids is 1. The van der Waals surface area contributed by atoms with Crippen LogP contribution in [0.15, 0.2) is 0 Å². The van der Waals surface area contributed by atoms with E-state index in [1.807, 2.05) is 20.8 Å². The molecule has 0 aromatic heterocycles. The third-order valence-corrected chi connectivity index (χ3v) is 1.89. The standard InChI is InChI=1S/C10H18NO2/c1-10(2,3)13-9(12)8-4-6-11-7-5-8/h11H,4-7H2,1-3H3. The number of nitrogens with one attached hydrogen (secondary N) is 1. The third-order valence-electron chi connectivity index (χ3n) is 1.89. The van der Waals surface area contributed by atoms with E-state index in [1.165, 1.54) is 0 Å². The van der Waals surface area contributed by atoms with Crippen LogP contribution in [0.4, 0.5) is 0 Å². The van der Waals surface area contributed by atoms with Crippen LogP contribution in [0.2, 0.25) is 0 Å². The van der Waals surface area contributed by atoms with E-state index in [0.717, 1.165) is 31.8 Å². The number of esters is 1. The van der Waals surface area contributed by atoms with Crippen molar-refractivity contribution in [2.24, 2.45) is 0 Å². The molecule has 0 unspecified atom stereocenters. The summed E-state index contributed by atoms with van der Waals surface area (Å²) in [5, 5.41) is 3.20. The van der Waals surface area contributed by atoms with Gasteiger partial charge in [-0.1, -0.05) is 0 Å². The van der Waals surface area contributed by atoms with Gasteiger partial charge < -0.3 is 10.1 Å². The molecule has 1 aliphatic rings. The highest BCUT2D eigenvalue weighted by molar-refractivity contribution is 5.85. The lowest BCUT2D eigenvalue weighted by molar-refractivity contribution is -0.153.